The van der Waals surface area contributed by atoms with E-state index in [1.807, 2.05) is 4.90 Å². The summed E-state index contributed by atoms with van der Waals surface area (Å²) in [6, 6.07) is 4.42. The van der Waals surface area contributed by atoms with Gasteiger partial charge in [0.1, 0.15) is 0 Å². The Labute approximate surface area is 170 Å². The summed E-state index contributed by atoms with van der Waals surface area (Å²) >= 11 is 0. The highest BCUT2D eigenvalue weighted by molar-refractivity contribution is 5.81. The molecular weight excluding hydrogens is 376 g/mol. The van der Waals surface area contributed by atoms with Crippen molar-refractivity contribution < 1.29 is 18.4 Å². The van der Waals surface area contributed by atoms with E-state index in [0.29, 0.717) is 18.5 Å². The lowest BCUT2D eigenvalue weighted by atomic mass is 9.93. The second-order valence-corrected chi connectivity index (χ2v) is 8.60. The van der Waals surface area contributed by atoms with Crippen LogP contribution in [0, 0.1) is 23.5 Å². The number of halogens is 2. The minimum Gasteiger partial charge on any atom is -0.352 e. The molecule has 4 rings (SSSR count). The smallest absolute Gasteiger partial charge is 0.225 e. The third kappa shape index (κ3) is 4.77. The zero-order valence-electron chi connectivity index (χ0n) is 16.7. The van der Waals surface area contributed by atoms with E-state index in [1.165, 1.54) is 12.1 Å². The number of benzene rings is 1. The molecule has 1 aliphatic carbocycles. The van der Waals surface area contributed by atoms with Crippen LogP contribution in [0.25, 0.3) is 0 Å². The molecule has 1 aromatic carbocycles. The van der Waals surface area contributed by atoms with E-state index in [-0.39, 0.29) is 29.9 Å². The molecule has 2 saturated heterocycles. The van der Waals surface area contributed by atoms with Gasteiger partial charge in [0.15, 0.2) is 11.6 Å². The van der Waals surface area contributed by atoms with Crippen molar-refractivity contribution in [2.45, 2.75) is 51.1 Å². The van der Waals surface area contributed by atoms with E-state index < -0.39 is 11.6 Å². The number of rotatable bonds is 5. The van der Waals surface area contributed by atoms with Crippen molar-refractivity contribution in [3.8, 4) is 0 Å². The van der Waals surface area contributed by atoms with Crippen LogP contribution in [0.1, 0.15) is 44.1 Å². The second-order valence-electron chi connectivity index (χ2n) is 8.60. The Kier molecular flexibility index (Phi) is 6.13. The Balaban J connectivity index is 1.26. The summed E-state index contributed by atoms with van der Waals surface area (Å²) in [5.74, 6) is -1.43. The fourth-order valence-corrected chi connectivity index (χ4v) is 4.60. The quantitative estimate of drug-likeness (QED) is 0.820. The van der Waals surface area contributed by atoms with Crippen LogP contribution in [0.4, 0.5) is 8.78 Å². The molecule has 1 atom stereocenters. The van der Waals surface area contributed by atoms with E-state index >= 15 is 0 Å². The maximum atomic E-state index is 13.8. The van der Waals surface area contributed by atoms with Crippen molar-refractivity contribution in [1.29, 1.82) is 0 Å². The summed E-state index contributed by atoms with van der Waals surface area (Å²) in [6.07, 6.45) is 5.77. The average Bonchev–Trinajstić information content (AvgIpc) is 3.60. The van der Waals surface area contributed by atoms with E-state index in [2.05, 4.69) is 10.2 Å². The van der Waals surface area contributed by atoms with Gasteiger partial charge in [-0.15, -0.1) is 0 Å². The molecule has 158 valence electrons. The van der Waals surface area contributed by atoms with Crippen LogP contribution in [0.3, 0.4) is 0 Å². The van der Waals surface area contributed by atoms with Crippen LogP contribution < -0.4 is 5.32 Å². The summed E-state index contributed by atoms with van der Waals surface area (Å²) in [5, 5.41) is 2.78. The lowest BCUT2D eigenvalue weighted by Crippen LogP contribution is -2.51. The van der Waals surface area contributed by atoms with Crippen molar-refractivity contribution in [3.63, 3.8) is 0 Å². The maximum Gasteiger partial charge on any atom is 0.225 e. The monoisotopic (exact) mass is 405 g/mol. The Morgan fingerprint density at radius 2 is 1.76 bits per heavy atom. The zero-order chi connectivity index (χ0) is 20.4. The number of nitrogens with one attached hydrogen (secondary N) is 1. The van der Waals surface area contributed by atoms with Gasteiger partial charge in [0.25, 0.3) is 0 Å². The average molecular weight is 405 g/mol. The number of amides is 2. The highest BCUT2D eigenvalue weighted by Gasteiger charge is 2.37. The Hall–Kier alpha value is -2.02. The first-order valence-electron chi connectivity index (χ1n) is 10.8. The third-order valence-electron chi connectivity index (χ3n) is 6.53. The molecular formula is C22H29F2N3O2. The molecule has 0 spiro atoms. The summed E-state index contributed by atoms with van der Waals surface area (Å²) in [4.78, 5) is 29.2. The maximum absolute atomic E-state index is 13.8. The van der Waals surface area contributed by atoms with Crippen LogP contribution in [-0.2, 0) is 16.1 Å². The van der Waals surface area contributed by atoms with Gasteiger partial charge in [0.2, 0.25) is 11.8 Å². The minimum atomic E-state index is -0.898. The van der Waals surface area contributed by atoms with Gasteiger partial charge >= 0.3 is 0 Å². The largest absolute Gasteiger partial charge is 0.352 e. The number of nitrogens with zero attached hydrogens (tertiary/aromatic N) is 2. The highest BCUT2D eigenvalue weighted by atomic mass is 19.2. The first-order chi connectivity index (χ1) is 14.0. The summed E-state index contributed by atoms with van der Waals surface area (Å²) < 4.78 is 27.1. The van der Waals surface area contributed by atoms with Crippen molar-refractivity contribution in [3.05, 3.63) is 35.4 Å². The fraction of sp³-hybridized carbons (Fsp3) is 0.636. The van der Waals surface area contributed by atoms with E-state index in [9.17, 15) is 18.4 Å². The lowest BCUT2D eigenvalue weighted by Gasteiger charge is -2.42. The molecule has 1 aromatic rings. The minimum absolute atomic E-state index is 0.000589. The second kappa shape index (κ2) is 8.78. The fourth-order valence-electron chi connectivity index (χ4n) is 4.60. The van der Waals surface area contributed by atoms with Crippen LogP contribution in [0.5, 0.6) is 0 Å². The van der Waals surface area contributed by atoms with Crippen molar-refractivity contribution in [1.82, 2.24) is 15.1 Å². The molecule has 3 fully saturated rings. The van der Waals surface area contributed by atoms with Gasteiger partial charge in [-0.05, 0) is 51.1 Å². The third-order valence-corrected chi connectivity index (χ3v) is 6.53. The molecule has 29 heavy (non-hydrogen) atoms. The molecule has 2 heterocycles. The molecule has 0 bridgehead atoms. The first kappa shape index (κ1) is 20.3. The molecule has 1 N–H and O–H groups in total. The zero-order valence-corrected chi connectivity index (χ0v) is 16.7. The number of likely N-dealkylation sites (tertiary alicyclic amines) is 2. The van der Waals surface area contributed by atoms with Gasteiger partial charge in [-0.1, -0.05) is 12.1 Å². The molecule has 1 saturated carbocycles. The van der Waals surface area contributed by atoms with Crippen LogP contribution in [-0.4, -0.2) is 53.8 Å². The van der Waals surface area contributed by atoms with Crippen molar-refractivity contribution in [2.75, 3.05) is 26.2 Å². The predicted octanol–water partition coefficient (Wildman–Crippen LogP) is 2.69. The molecule has 2 aliphatic heterocycles. The summed E-state index contributed by atoms with van der Waals surface area (Å²) in [6.45, 7) is 3.29. The van der Waals surface area contributed by atoms with Gasteiger partial charge in [-0.2, -0.15) is 0 Å². The molecule has 7 heteroatoms. The van der Waals surface area contributed by atoms with Crippen LogP contribution in [0.15, 0.2) is 18.2 Å². The number of carbonyl (C=O) groups excluding carboxylic acids is 2. The van der Waals surface area contributed by atoms with E-state index in [0.717, 1.165) is 64.2 Å². The molecule has 0 aromatic heterocycles. The Morgan fingerprint density at radius 3 is 2.48 bits per heavy atom. The number of carbonyl (C=O) groups is 2. The molecule has 2 amide bonds. The Morgan fingerprint density at radius 1 is 1.00 bits per heavy atom. The first-order valence-corrected chi connectivity index (χ1v) is 10.8. The van der Waals surface area contributed by atoms with Gasteiger partial charge in [0, 0.05) is 43.7 Å². The number of piperidine rings is 2. The normalized spacial score (nSPS) is 23.8. The SMILES string of the molecule is O=C(NCc1cccc(F)c1F)[C@H]1CCCN(C2CCN(C(=O)C3CC3)CC2)C1. The number of hydrogen-bond donors (Lipinski definition) is 1. The van der Waals surface area contributed by atoms with Gasteiger partial charge in [-0.3, -0.25) is 14.5 Å². The topological polar surface area (TPSA) is 52.7 Å². The van der Waals surface area contributed by atoms with E-state index in [4.69, 9.17) is 0 Å². The van der Waals surface area contributed by atoms with Crippen LogP contribution in [0.2, 0.25) is 0 Å². The molecule has 0 unspecified atom stereocenters. The molecule has 5 nitrogen and oxygen atoms in total. The highest BCUT2D eigenvalue weighted by Crippen LogP contribution is 2.32. The van der Waals surface area contributed by atoms with Crippen molar-refractivity contribution >= 4 is 11.8 Å². The predicted molar refractivity (Wildman–Crippen MR) is 105 cm³/mol. The van der Waals surface area contributed by atoms with Crippen molar-refractivity contribution in [2.24, 2.45) is 11.8 Å². The van der Waals surface area contributed by atoms with Crippen LogP contribution >= 0.6 is 0 Å². The molecule has 3 aliphatic rings. The molecule has 0 radical (unpaired) electrons. The Bertz CT molecular complexity index is 760. The van der Waals surface area contributed by atoms with Gasteiger partial charge in [-0.25, -0.2) is 8.78 Å². The summed E-state index contributed by atoms with van der Waals surface area (Å²) in [5.41, 5.74) is 0.165. The summed E-state index contributed by atoms with van der Waals surface area (Å²) in [7, 11) is 0. The van der Waals surface area contributed by atoms with Gasteiger partial charge < -0.3 is 10.2 Å². The standard InChI is InChI=1S/C22H29F2N3O2/c23-19-5-1-3-16(20(19)24)13-25-21(28)17-4-2-10-27(14-17)18-8-11-26(12-9-18)22(29)15-6-7-15/h1,3,5,15,17-18H,2,4,6-14H2,(H,25,28)/t17-/m0/s1. The van der Waals surface area contributed by atoms with Gasteiger partial charge in [0.05, 0.1) is 5.92 Å². The lowest BCUT2D eigenvalue weighted by molar-refractivity contribution is -0.134. The van der Waals surface area contributed by atoms with E-state index in [1.54, 1.807) is 0 Å². The number of hydrogen-bond acceptors (Lipinski definition) is 3.